The van der Waals surface area contributed by atoms with E-state index in [1.165, 1.54) is 41.8 Å². The van der Waals surface area contributed by atoms with Crippen molar-refractivity contribution in [3.63, 3.8) is 0 Å². The minimum absolute atomic E-state index is 1.15. The molecule has 1 saturated heterocycles. The number of piperazine rings is 1. The molecule has 1 fully saturated rings. The van der Waals surface area contributed by atoms with Gasteiger partial charge in [0.15, 0.2) is 0 Å². The predicted molar refractivity (Wildman–Crippen MR) is 81.8 cm³/mol. The van der Waals surface area contributed by atoms with Crippen molar-refractivity contribution < 1.29 is 0 Å². The molecule has 100 valence electrons. The van der Waals surface area contributed by atoms with E-state index < -0.39 is 0 Å². The summed E-state index contributed by atoms with van der Waals surface area (Å²) in [6, 6.07) is 0. The van der Waals surface area contributed by atoms with Crippen molar-refractivity contribution in [2.75, 3.05) is 32.7 Å². The monoisotopic (exact) mass is 310 g/mol. The second-order valence-corrected chi connectivity index (χ2v) is 6.02. The highest BCUT2D eigenvalue weighted by Gasteiger charge is 2.16. The fraction of sp³-hybridized carbons (Fsp3) is 0.600. The molecule has 2 rings (SSSR count). The van der Waals surface area contributed by atoms with Crippen molar-refractivity contribution >= 4 is 15.9 Å². The molecule has 0 aromatic carbocycles. The van der Waals surface area contributed by atoms with E-state index >= 15 is 0 Å². The highest BCUT2D eigenvalue weighted by atomic mass is 79.9. The number of allylic oxidation sites excluding steroid dienone is 5. The lowest BCUT2D eigenvalue weighted by atomic mass is 10.1. The molecule has 0 amide bonds. The molecule has 1 aliphatic heterocycles. The third-order valence-corrected chi connectivity index (χ3v) is 4.20. The summed E-state index contributed by atoms with van der Waals surface area (Å²) in [5.41, 5.74) is 2.84. The Kier molecular flexibility index (Phi) is 5.07. The van der Waals surface area contributed by atoms with Gasteiger partial charge in [0.25, 0.3) is 0 Å². The van der Waals surface area contributed by atoms with E-state index in [-0.39, 0.29) is 0 Å². The second-order valence-electron chi connectivity index (χ2n) is 5.11. The van der Waals surface area contributed by atoms with Gasteiger partial charge in [-0.25, -0.2) is 0 Å². The molecule has 0 unspecified atom stereocenters. The van der Waals surface area contributed by atoms with Crippen molar-refractivity contribution in [1.82, 2.24) is 9.80 Å². The fourth-order valence-corrected chi connectivity index (χ4v) is 3.17. The molecule has 1 heterocycles. The van der Waals surface area contributed by atoms with Crippen LogP contribution in [0, 0.1) is 0 Å². The lowest BCUT2D eigenvalue weighted by Gasteiger charge is -2.36. The number of rotatable bonds is 2. The molecule has 0 bridgehead atoms. The minimum atomic E-state index is 1.15. The Bertz CT molecular complexity index is 374. The van der Waals surface area contributed by atoms with Crippen molar-refractivity contribution in [2.45, 2.75) is 26.7 Å². The average molecular weight is 311 g/mol. The molecule has 0 radical (unpaired) electrons. The van der Waals surface area contributed by atoms with E-state index in [2.05, 4.69) is 57.8 Å². The van der Waals surface area contributed by atoms with Crippen LogP contribution in [-0.2, 0) is 0 Å². The molecule has 2 aliphatic rings. The van der Waals surface area contributed by atoms with Gasteiger partial charge in [0.2, 0.25) is 0 Å². The van der Waals surface area contributed by atoms with Gasteiger partial charge < -0.3 is 9.80 Å². The second kappa shape index (κ2) is 6.58. The zero-order valence-electron chi connectivity index (χ0n) is 11.5. The summed E-state index contributed by atoms with van der Waals surface area (Å²) >= 11 is 3.65. The predicted octanol–water partition coefficient (Wildman–Crippen LogP) is 3.53. The quantitative estimate of drug-likeness (QED) is 0.770. The lowest BCUT2D eigenvalue weighted by molar-refractivity contribution is 0.168. The number of likely N-dealkylation sites (N-methyl/N-ethyl adjacent to an activating group) is 1. The third-order valence-electron chi connectivity index (χ3n) is 3.75. The van der Waals surface area contributed by atoms with Crippen LogP contribution in [-0.4, -0.2) is 42.5 Å². The van der Waals surface area contributed by atoms with Crippen LogP contribution in [0.1, 0.15) is 26.7 Å². The van der Waals surface area contributed by atoms with Crippen LogP contribution >= 0.6 is 15.9 Å². The standard InChI is InChI=1S/C15H23BrN2/c1-3-17-7-9-18(10-8-17)15-6-4-5-13(2)11-14(16)12-15/h6,11-12H,3-5,7-10H2,1-2H3. The van der Waals surface area contributed by atoms with E-state index in [1.807, 2.05) is 0 Å². The third kappa shape index (κ3) is 3.72. The largest absolute Gasteiger partial charge is 0.369 e. The summed E-state index contributed by atoms with van der Waals surface area (Å²) in [5.74, 6) is 0. The molecule has 0 aromatic rings. The van der Waals surface area contributed by atoms with E-state index in [0.29, 0.717) is 0 Å². The van der Waals surface area contributed by atoms with E-state index in [9.17, 15) is 0 Å². The first kappa shape index (κ1) is 13.9. The maximum absolute atomic E-state index is 3.65. The molecule has 1 aliphatic carbocycles. The molecule has 0 aromatic heterocycles. The molecule has 0 saturated carbocycles. The SMILES string of the molecule is CCN1CCN(C2=CCCC(C)=CC(Br)=C2)CC1. The smallest absolute Gasteiger partial charge is 0.0337 e. The lowest BCUT2D eigenvalue weighted by Crippen LogP contribution is -2.45. The topological polar surface area (TPSA) is 6.48 Å². The summed E-state index contributed by atoms with van der Waals surface area (Å²) in [7, 11) is 0. The van der Waals surface area contributed by atoms with Crippen LogP contribution in [0.25, 0.3) is 0 Å². The number of nitrogens with zero attached hydrogens (tertiary/aromatic N) is 2. The Morgan fingerprint density at radius 1 is 1.17 bits per heavy atom. The van der Waals surface area contributed by atoms with Gasteiger partial charge in [-0.3, -0.25) is 0 Å². The Morgan fingerprint density at radius 2 is 1.89 bits per heavy atom. The molecular formula is C15H23BrN2. The number of hydrogen-bond donors (Lipinski definition) is 0. The normalized spacial score (nSPS) is 22.8. The number of hydrogen-bond acceptors (Lipinski definition) is 2. The summed E-state index contributed by atoms with van der Waals surface area (Å²) in [6.45, 7) is 10.3. The molecule has 3 heteroatoms. The van der Waals surface area contributed by atoms with Crippen LogP contribution in [0.2, 0.25) is 0 Å². The van der Waals surface area contributed by atoms with Crippen LogP contribution in [0.5, 0.6) is 0 Å². The zero-order valence-corrected chi connectivity index (χ0v) is 13.0. The highest BCUT2D eigenvalue weighted by molar-refractivity contribution is 9.11. The zero-order chi connectivity index (χ0) is 13.0. The van der Waals surface area contributed by atoms with Gasteiger partial charge in [0.05, 0.1) is 0 Å². The summed E-state index contributed by atoms with van der Waals surface area (Å²) in [5, 5.41) is 0. The van der Waals surface area contributed by atoms with E-state index in [1.54, 1.807) is 0 Å². The van der Waals surface area contributed by atoms with Gasteiger partial charge in [-0.05, 0) is 38.5 Å². The molecule has 0 spiro atoms. The van der Waals surface area contributed by atoms with Crippen LogP contribution in [0.3, 0.4) is 0 Å². The number of halogens is 1. The summed E-state index contributed by atoms with van der Waals surface area (Å²) in [4.78, 5) is 5.03. The maximum atomic E-state index is 3.65. The van der Waals surface area contributed by atoms with Crippen molar-refractivity contribution in [3.8, 4) is 0 Å². The van der Waals surface area contributed by atoms with Crippen molar-refractivity contribution in [2.24, 2.45) is 0 Å². The first-order chi connectivity index (χ1) is 8.69. The maximum Gasteiger partial charge on any atom is 0.0337 e. The molecule has 18 heavy (non-hydrogen) atoms. The van der Waals surface area contributed by atoms with Crippen molar-refractivity contribution in [1.29, 1.82) is 0 Å². The Labute approximate surface area is 119 Å². The molecule has 2 nitrogen and oxygen atoms in total. The van der Waals surface area contributed by atoms with Crippen LogP contribution in [0.4, 0.5) is 0 Å². The molecular weight excluding hydrogens is 288 g/mol. The first-order valence-corrected chi connectivity index (χ1v) is 7.70. The van der Waals surface area contributed by atoms with Crippen LogP contribution < -0.4 is 0 Å². The first-order valence-electron chi connectivity index (χ1n) is 6.91. The summed E-state index contributed by atoms with van der Waals surface area (Å²) < 4.78 is 1.20. The Balaban J connectivity index is 2.04. The van der Waals surface area contributed by atoms with E-state index in [0.717, 1.165) is 19.5 Å². The van der Waals surface area contributed by atoms with Crippen LogP contribution in [0.15, 0.2) is 34.0 Å². The van der Waals surface area contributed by atoms with Gasteiger partial charge in [-0.2, -0.15) is 0 Å². The fourth-order valence-electron chi connectivity index (χ4n) is 2.54. The average Bonchev–Trinajstić information content (AvgIpc) is 2.35. The van der Waals surface area contributed by atoms with Crippen molar-refractivity contribution in [3.05, 3.63) is 34.0 Å². The van der Waals surface area contributed by atoms with Gasteiger partial charge in [0, 0.05) is 36.4 Å². The van der Waals surface area contributed by atoms with Gasteiger partial charge in [-0.15, -0.1) is 0 Å². The minimum Gasteiger partial charge on any atom is -0.369 e. The van der Waals surface area contributed by atoms with Gasteiger partial charge in [0.1, 0.15) is 0 Å². The van der Waals surface area contributed by atoms with Gasteiger partial charge >= 0.3 is 0 Å². The molecule has 0 atom stereocenters. The van der Waals surface area contributed by atoms with Gasteiger partial charge in [-0.1, -0.05) is 34.5 Å². The Morgan fingerprint density at radius 3 is 2.56 bits per heavy atom. The Hall–Kier alpha value is -0.540. The van der Waals surface area contributed by atoms with E-state index in [4.69, 9.17) is 0 Å². The highest BCUT2D eigenvalue weighted by Crippen LogP contribution is 2.22. The molecule has 0 N–H and O–H groups in total. The summed E-state index contributed by atoms with van der Waals surface area (Å²) in [6.07, 6.45) is 9.22.